The van der Waals surface area contributed by atoms with Crippen LogP contribution < -0.4 is 5.32 Å². The Morgan fingerprint density at radius 1 is 1.42 bits per heavy atom. The lowest BCUT2D eigenvalue weighted by molar-refractivity contribution is 0.00939. The van der Waals surface area contributed by atoms with Gasteiger partial charge in [-0.15, -0.1) is 0 Å². The van der Waals surface area contributed by atoms with Crippen LogP contribution in [0.5, 0.6) is 0 Å². The summed E-state index contributed by atoms with van der Waals surface area (Å²) in [6.45, 7) is 7.33. The van der Waals surface area contributed by atoms with Crippen molar-refractivity contribution in [1.82, 2.24) is 14.9 Å². The van der Waals surface area contributed by atoms with Gasteiger partial charge >= 0.3 is 0 Å². The van der Waals surface area contributed by atoms with E-state index in [1.54, 1.807) is 0 Å². The van der Waals surface area contributed by atoms with E-state index in [4.69, 9.17) is 4.74 Å². The molecule has 1 fully saturated rings. The molecular formula is C15H27N3O. The van der Waals surface area contributed by atoms with Gasteiger partial charge < -0.3 is 14.6 Å². The Kier molecular flexibility index (Phi) is 4.99. The Balaban J connectivity index is 1.95. The normalized spacial score (nSPS) is 18.9. The van der Waals surface area contributed by atoms with Gasteiger partial charge in [-0.2, -0.15) is 0 Å². The first kappa shape index (κ1) is 14.5. The Hall–Kier alpha value is -0.870. The highest BCUT2D eigenvalue weighted by Crippen LogP contribution is 2.34. The minimum atomic E-state index is 0.383. The highest BCUT2D eigenvalue weighted by molar-refractivity contribution is 4.95. The van der Waals surface area contributed by atoms with Crippen molar-refractivity contribution in [3.63, 3.8) is 0 Å². The van der Waals surface area contributed by atoms with Crippen molar-refractivity contribution in [2.45, 2.75) is 45.6 Å². The van der Waals surface area contributed by atoms with E-state index >= 15 is 0 Å². The van der Waals surface area contributed by atoms with Crippen molar-refractivity contribution in [2.75, 3.05) is 19.8 Å². The van der Waals surface area contributed by atoms with Gasteiger partial charge in [0.1, 0.15) is 5.82 Å². The van der Waals surface area contributed by atoms with Crippen LogP contribution in [0.1, 0.15) is 38.9 Å². The summed E-state index contributed by atoms with van der Waals surface area (Å²) in [5, 5.41) is 3.62. The maximum absolute atomic E-state index is 5.54. The Labute approximate surface area is 116 Å². The van der Waals surface area contributed by atoms with Crippen LogP contribution in [0.4, 0.5) is 0 Å². The lowest BCUT2D eigenvalue weighted by Crippen LogP contribution is -2.41. The van der Waals surface area contributed by atoms with Crippen LogP contribution in [0.2, 0.25) is 0 Å². The summed E-state index contributed by atoms with van der Waals surface area (Å²) in [5.74, 6) is 1.19. The third kappa shape index (κ3) is 4.05. The molecule has 2 rings (SSSR count). The lowest BCUT2D eigenvalue weighted by atomic mass is 9.76. The van der Waals surface area contributed by atoms with Gasteiger partial charge in [-0.1, -0.05) is 13.8 Å². The van der Waals surface area contributed by atoms with E-state index in [0.29, 0.717) is 11.5 Å². The Morgan fingerprint density at radius 2 is 2.16 bits per heavy atom. The fourth-order valence-corrected chi connectivity index (χ4v) is 2.75. The monoisotopic (exact) mass is 265 g/mol. The first-order chi connectivity index (χ1) is 9.11. The van der Waals surface area contributed by atoms with Crippen molar-refractivity contribution in [2.24, 2.45) is 12.5 Å². The highest BCUT2D eigenvalue weighted by Gasteiger charge is 2.32. The molecule has 0 bridgehead atoms. The number of imidazole rings is 1. The second-order valence-electron chi connectivity index (χ2n) is 6.10. The van der Waals surface area contributed by atoms with Gasteiger partial charge in [-0.05, 0) is 24.7 Å². The molecule has 1 saturated heterocycles. The summed E-state index contributed by atoms with van der Waals surface area (Å²) in [6.07, 6.45) is 8.50. The largest absolute Gasteiger partial charge is 0.381 e. The number of hydrogen-bond acceptors (Lipinski definition) is 3. The number of hydrogen-bond donors (Lipinski definition) is 1. The molecule has 19 heavy (non-hydrogen) atoms. The zero-order valence-corrected chi connectivity index (χ0v) is 12.5. The molecule has 4 nitrogen and oxygen atoms in total. The number of aryl methyl sites for hydroxylation is 2. The summed E-state index contributed by atoms with van der Waals surface area (Å²) >= 11 is 0. The third-order valence-corrected chi connectivity index (χ3v) is 4.24. The zero-order chi connectivity index (χ0) is 13.7. The van der Waals surface area contributed by atoms with E-state index < -0.39 is 0 Å². The topological polar surface area (TPSA) is 39.1 Å². The Morgan fingerprint density at radius 3 is 2.74 bits per heavy atom. The molecule has 0 radical (unpaired) electrons. The van der Waals surface area contributed by atoms with Crippen molar-refractivity contribution in [3.8, 4) is 0 Å². The van der Waals surface area contributed by atoms with Crippen LogP contribution in [0.3, 0.4) is 0 Å². The number of nitrogens with zero attached hydrogens (tertiary/aromatic N) is 2. The number of nitrogens with one attached hydrogen (secondary N) is 1. The molecule has 0 saturated carbocycles. The van der Waals surface area contributed by atoms with Gasteiger partial charge in [0.15, 0.2) is 0 Å². The summed E-state index contributed by atoms with van der Waals surface area (Å²) in [7, 11) is 2.07. The fraction of sp³-hybridized carbons (Fsp3) is 0.800. The van der Waals surface area contributed by atoms with Crippen LogP contribution in [-0.4, -0.2) is 35.4 Å². The molecule has 1 aromatic heterocycles. The van der Waals surface area contributed by atoms with Crippen LogP contribution in [0, 0.1) is 5.41 Å². The van der Waals surface area contributed by atoms with Crippen molar-refractivity contribution >= 4 is 0 Å². The molecule has 4 heteroatoms. The highest BCUT2D eigenvalue weighted by atomic mass is 16.5. The molecule has 2 heterocycles. The van der Waals surface area contributed by atoms with Gasteiger partial charge in [0.25, 0.3) is 0 Å². The molecule has 1 aliphatic heterocycles. The number of ether oxygens (including phenoxy) is 1. The summed E-state index contributed by atoms with van der Waals surface area (Å²) in [4.78, 5) is 4.44. The van der Waals surface area contributed by atoms with Crippen molar-refractivity contribution in [3.05, 3.63) is 18.2 Å². The van der Waals surface area contributed by atoms with Gasteiger partial charge in [-0.3, -0.25) is 0 Å². The zero-order valence-electron chi connectivity index (χ0n) is 12.5. The maximum Gasteiger partial charge on any atom is 0.108 e. The molecule has 0 spiro atoms. The quantitative estimate of drug-likeness (QED) is 0.856. The third-order valence-electron chi connectivity index (χ3n) is 4.24. The minimum Gasteiger partial charge on any atom is -0.381 e. The van der Waals surface area contributed by atoms with E-state index in [0.717, 1.165) is 39.0 Å². The lowest BCUT2D eigenvalue weighted by Gasteiger charge is -2.38. The molecule has 1 aromatic rings. The van der Waals surface area contributed by atoms with E-state index in [9.17, 15) is 0 Å². The van der Waals surface area contributed by atoms with Crippen molar-refractivity contribution < 1.29 is 4.74 Å². The van der Waals surface area contributed by atoms with Crippen LogP contribution in [-0.2, 0) is 18.2 Å². The fourth-order valence-electron chi connectivity index (χ4n) is 2.75. The van der Waals surface area contributed by atoms with Gasteiger partial charge in [0.05, 0.1) is 0 Å². The van der Waals surface area contributed by atoms with Crippen molar-refractivity contribution in [1.29, 1.82) is 0 Å². The molecule has 0 aromatic carbocycles. The molecule has 108 valence electrons. The van der Waals surface area contributed by atoms with Gasteiger partial charge in [0.2, 0.25) is 0 Å². The van der Waals surface area contributed by atoms with Crippen LogP contribution in [0.15, 0.2) is 12.4 Å². The molecular weight excluding hydrogens is 238 g/mol. The molecule has 0 amide bonds. The van der Waals surface area contributed by atoms with Crippen LogP contribution in [0.25, 0.3) is 0 Å². The summed E-state index contributed by atoms with van der Waals surface area (Å²) < 4.78 is 7.67. The summed E-state index contributed by atoms with van der Waals surface area (Å²) in [5.41, 5.74) is 0.383. The standard InChI is InChI=1S/C15H27N3O/c1-13(2)17-12-15(6-10-19-11-7-15)5-4-14-16-8-9-18(14)3/h8-9,13,17H,4-7,10-12H2,1-3H3. The van der Waals surface area contributed by atoms with Gasteiger partial charge in [-0.25, -0.2) is 4.98 Å². The minimum absolute atomic E-state index is 0.383. The predicted molar refractivity (Wildman–Crippen MR) is 77.2 cm³/mol. The predicted octanol–water partition coefficient (Wildman–Crippen LogP) is 2.15. The average molecular weight is 265 g/mol. The summed E-state index contributed by atoms with van der Waals surface area (Å²) in [6, 6.07) is 0.549. The van der Waals surface area contributed by atoms with E-state index in [-0.39, 0.29) is 0 Å². The van der Waals surface area contributed by atoms with Crippen LogP contribution >= 0.6 is 0 Å². The molecule has 0 aliphatic carbocycles. The second-order valence-corrected chi connectivity index (χ2v) is 6.10. The second kappa shape index (κ2) is 6.53. The molecule has 0 unspecified atom stereocenters. The molecule has 0 atom stereocenters. The van der Waals surface area contributed by atoms with E-state index in [2.05, 4.69) is 35.8 Å². The number of rotatable bonds is 6. The molecule has 1 N–H and O–H groups in total. The van der Waals surface area contributed by atoms with E-state index in [1.165, 1.54) is 12.2 Å². The van der Waals surface area contributed by atoms with E-state index in [1.807, 2.05) is 12.4 Å². The number of aromatic nitrogens is 2. The maximum atomic E-state index is 5.54. The smallest absolute Gasteiger partial charge is 0.108 e. The Bertz CT molecular complexity index is 380. The first-order valence-electron chi connectivity index (χ1n) is 7.39. The average Bonchev–Trinajstić information content (AvgIpc) is 2.81. The first-order valence-corrected chi connectivity index (χ1v) is 7.39. The SMILES string of the molecule is CC(C)NCC1(CCc2nccn2C)CCOCC1. The van der Waals surface area contributed by atoms with Gasteiger partial charge in [0, 0.05) is 51.7 Å². The molecule has 1 aliphatic rings.